The lowest BCUT2D eigenvalue weighted by Gasteiger charge is -2.28. The van der Waals surface area contributed by atoms with Crippen LogP contribution in [-0.2, 0) is 32.2 Å². The molecule has 5 rings (SSSR count). The van der Waals surface area contributed by atoms with Gasteiger partial charge in [0.15, 0.2) is 0 Å². The summed E-state index contributed by atoms with van der Waals surface area (Å²) in [5.74, 6) is 1.74. The number of H-pyrrole nitrogens is 1. The number of methoxy groups -OCH3 is 1. The van der Waals surface area contributed by atoms with Gasteiger partial charge in [0, 0.05) is 36.2 Å². The minimum atomic E-state index is 0.0557. The molecule has 0 saturated carbocycles. The highest BCUT2D eigenvalue weighted by Gasteiger charge is 2.38. The van der Waals surface area contributed by atoms with Crippen LogP contribution in [0.1, 0.15) is 53.0 Å². The number of aromatic amines is 1. The van der Waals surface area contributed by atoms with E-state index in [1.165, 1.54) is 42.4 Å². The molecule has 27 heavy (non-hydrogen) atoms. The lowest BCUT2D eigenvalue weighted by molar-refractivity contribution is 0.185. The summed E-state index contributed by atoms with van der Waals surface area (Å²) in [7, 11) is 1.78. The zero-order valence-electron chi connectivity index (χ0n) is 16.2. The highest BCUT2D eigenvalue weighted by atomic mass is 16.5. The second-order valence-corrected chi connectivity index (χ2v) is 8.33. The summed E-state index contributed by atoms with van der Waals surface area (Å²) in [4.78, 5) is 22.6. The summed E-state index contributed by atoms with van der Waals surface area (Å²) in [6, 6.07) is 5.50. The van der Waals surface area contributed by atoms with E-state index in [-0.39, 0.29) is 5.56 Å². The number of hydrogen-bond donors (Lipinski definition) is 1. The number of rotatable bonds is 3. The Hall–Kier alpha value is -2.14. The van der Waals surface area contributed by atoms with Crippen LogP contribution < -0.4 is 10.3 Å². The fourth-order valence-electron chi connectivity index (χ4n) is 5.38. The topological polar surface area (TPSA) is 58.2 Å². The van der Waals surface area contributed by atoms with E-state index >= 15 is 0 Å². The molecule has 3 aliphatic rings. The molecule has 5 nitrogen and oxygen atoms in total. The predicted octanol–water partition coefficient (Wildman–Crippen LogP) is 2.71. The maximum absolute atomic E-state index is 12.5. The standard InChI is InChI=1S/C22H27N3O2/c1-13-23-20-11-18-7-6-17(10-19(20)22(26)24-13)25(18)12-16-8-14-4-3-5-15(14)9-21(16)27-2/h8-9,17-18H,3-7,10-12H2,1-2H3,(H,23,24,26). The molecule has 1 fully saturated rings. The van der Waals surface area contributed by atoms with Crippen molar-refractivity contribution in [2.45, 2.75) is 70.5 Å². The van der Waals surface area contributed by atoms with E-state index in [1.54, 1.807) is 7.11 Å². The van der Waals surface area contributed by atoms with Gasteiger partial charge in [0.1, 0.15) is 11.6 Å². The van der Waals surface area contributed by atoms with Crippen LogP contribution in [0.3, 0.4) is 0 Å². The Bertz CT molecular complexity index is 949. The van der Waals surface area contributed by atoms with Gasteiger partial charge in [0.25, 0.3) is 5.56 Å². The quantitative estimate of drug-likeness (QED) is 0.909. The molecule has 0 radical (unpaired) electrons. The van der Waals surface area contributed by atoms with Gasteiger partial charge in [-0.2, -0.15) is 0 Å². The Kier molecular flexibility index (Phi) is 4.08. The highest BCUT2D eigenvalue weighted by Crippen LogP contribution is 2.37. The molecule has 1 aliphatic carbocycles. The van der Waals surface area contributed by atoms with Crippen molar-refractivity contribution in [3.05, 3.63) is 56.3 Å². The number of benzene rings is 1. The molecule has 2 aromatic rings. The Morgan fingerprint density at radius 2 is 1.93 bits per heavy atom. The lowest BCUT2D eigenvalue weighted by atomic mass is 9.98. The van der Waals surface area contributed by atoms with Gasteiger partial charge in [-0.15, -0.1) is 0 Å². The fourth-order valence-corrected chi connectivity index (χ4v) is 5.38. The molecule has 0 amide bonds. The number of fused-ring (bicyclic) bond motifs is 4. The summed E-state index contributed by atoms with van der Waals surface area (Å²) in [5, 5.41) is 0. The van der Waals surface area contributed by atoms with Crippen LogP contribution in [0.25, 0.3) is 0 Å². The number of ether oxygens (including phenoxy) is 1. The van der Waals surface area contributed by atoms with Crippen molar-refractivity contribution >= 4 is 0 Å². The van der Waals surface area contributed by atoms with E-state index in [0.717, 1.165) is 48.6 Å². The molecule has 3 heterocycles. The van der Waals surface area contributed by atoms with Gasteiger partial charge < -0.3 is 9.72 Å². The second kappa shape index (κ2) is 6.48. The normalized spacial score (nSPS) is 23.8. The van der Waals surface area contributed by atoms with Gasteiger partial charge in [0.05, 0.1) is 12.8 Å². The average molecular weight is 365 g/mol. The van der Waals surface area contributed by atoms with E-state index in [2.05, 4.69) is 27.0 Å². The smallest absolute Gasteiger partial charge is 0.254 e. The SMILES string of the molecule is COc1cc2c(cc1CN1C3CCC1Cc1c(nc(C)[nH]c1=O)C3)CCC2. The van der Waals surface area contributed by atoms with Crippen molar-refractivity contribution in [3.63, 3.8) is 0 Å². The van der Waals surface area contributed by atoms with Gasteiger partial charge in [-0.25, -0.2) is 4.98 Å². The third-order valence-electron chi connectivity index (χ3n) is 6.71. The van der Waals surface area contributed by atoms with Gasteiger partial charge in [-0.05, 0) is 62.6 Å². The first kappa shape index (κ1) is 17.0. The number of nitrogens with zero attached hydrogens (tertiary/aromatic N) is 2. The Morgan fingerprint density at radius 1 is 1.19 bits per heavy atom. The van der Waals surface area contributed by atoms with E-state index in [0.29, 0.717) is 12.1 Å². The molecule has 2 atom stereocenters. The van der Waals surface area contributed by atoms with E-state index in [9.17, 15) is 4.79 Å². The monoisotopic (exact) mass is 365 g/mol. The molecule has 2 bridgehead atoms. The van der Waals surface area contributed by atoms with Crippen LogP contribution in [0.2, 0.25) is 0 Å². The number of nitrogens with one attached hydrogen (secondary N) is 1. The van der Waals surface area contributed by atoms with Crippen molar-refractivity contribution in [2.75, 3.05) is 7.11 Å². The van der Waals surface area contributed by atoms with Crippen LogP contribution in [-0.4, -0.2) is 34.1 Å². The first-order chi connectivity index (χ1) is 13.1. The molecule has 1 aromatic carbocycles. The third-order valence-corrected chi connectivity index (χ3v) is 6.71. The van der Waals surface area contributed by atoms with E-state index < -0.39 is 0 Å². The van der Waals surface area contributed by atoms with Gasteiger partial charge in [-0.3, -0.25) is 9.69 Å². The summed E-state index contributed by atoms with van der Waals surface area (Å²) < 4.78 is 5.74. The molecule has 2 unspecified atom stereocenters. The predicted molar refractivity (Wildman–Crippen MR) is 104 cm³/mol. The minimum absolute atomic E-state index is 0.0557. The summed E-state index contributed by atoms with van der Waals surface area (Å²) in [6.45, 7) is 2.77. The molecule has 0 spiro atoms. The average Bonchev–Trinajstić information content (AvgIpc) is 3.19. The Balaban J connectivity index is 1.48. The summed E-state index contributed by atoms with van der Waals surface area (Å²) in [6.07, 6.45) is 7.63. The maximum Gasteiger partial charge on any atom is 0.254 e. The maximum atomic E-state index is 12.5. The van der Waals surface area contributed by atoms with Gasteiger partial charge in [0.2, 0.25) is 0 Å². The summed E-state index contributed by atoms with van der Waals surface area (Å²) >= 11 is 0. The number of aromatic nitrogens is 2. The van der Waals surface area contributed by atoms with E-state index in [4.69, 9.17) is 4.74 Å². The van der Waals surface area contributed by atoms with Gasteiger partial charge >= 0.3 is 0 Å². The van der Waals surface area contributed by atoms with Gasteiger partial charge in [-0.1, -0.05) is 6.07 Å². The zero-order chi connectivity index (χ0) is 18.5. The van der Waals surface area contributed by atoms with E-state index in [1.807, 2.05) is 6.92 Å². The first-order valence-corrected chi connectivity index (χ1v) is 10.2. The Labute approximate surface area is 159 Å². The van der Waals surface area contributed by atoms with Crippen molar-refractivity contribution in [1.82, 2.24) is 14.9 Å². The van der Waals surface area contributed by atoms with Crippen molar-refractivity contribution in [2.24, 2.45) is 0 Å². The van der Waals surface area contributed by atoms with Crippen molar-refractivity contribution in [3.8, 4) is 5.75 Å². The van der Waals surface area contributed by atoms with Crippen LogP contribution in [0.5, 0.6) is 5.75 Å². The van der Waals surface area contributed by atoms with Crippen LogP contribution >= 0.6 is 0 Å². The largest absolute Gasteiger partial charge is 0.496 e. The van der Waals surface area contributed by atoms with Crippen molar-refractivity contribution < 1.29 is 4.74 Å². The minimum Gasteiger partial charge on any atom is -0.496 e. The summed E-state index contributed by atoms with van der Waals surface area (Å²) in [5.41, 5.74) is 6.20. The lowest BCUT2D eigenvalue weighted by Crippen LogP contribution is -2.36. The molecule has 142 valence electrons. The molecule has 1 N–H and O–H groups in total. The molecule has 1 aromatic heterocycles. The second-order valence-electron chi connectivity index (χ2n) is 8.33. The molecule has 5 heteroatoms. The van der Waals surface area contributed by atoms with Crippen LogP contribution in [0.4, 0.5) is 0 Å². The van der Waals surface area contributed by atoms with Crippen LogP contribution in [0.15, 0.2) is 16.9 Å². The Morgan fingerprint density at radius 3 is 2.70 bits per heavy atom. The third kappa shape index (κ3) is 2.89. The number of aryl methyl sites for hydroxylation is 3. The zero-order valence-corrected chi connectivity index (χ0v) is 16.2. The molecular weight excluding hydrogens is 338 g/mol. The highest BCUT2D eigenvalue weighted by molar-refractivity contribution is 5.45. The molecule has 1 saturated heterocycles. The molecular formula is C22H27N3O2. The first-order valence-electron chi connectivity index (χ1n) is 10.2. The molecule has 2 aliphatic heterocycles. The van der Waals surface area contributed by atoms with Crippen LogP contribution in [0, 0.1) is 6.92 Å². The number of hydrogen-bond acceptors (Lipinski definition) is 4. The van der Waals surface area contributed by atoms with Crippen molar-refractivity contribution in [1.29, 1.82) is 0 Å². The fraction of sp³-hybridized carbons (Fsp3) is 0.545.